The average Bonchev–Trinajstić information content (AvgIpc) is 2.20. The molecule has 1 fully saturated rings. The lowest BCUT2D eigenvalue weighted by Crippen LogP contribution is -2.53. The van der Waals surface area contributed by atoms with Crippen LogP contribution in [0.15, 0.2) is 0 Å². The van der Waals surface area contributed by atoms with Crippen LogP contribution in [-0.4, -0.2) is 48.8 Å². The zero-order valence-electron chi connectivity index (χ0n) is 9.51. The van der Waals surface area contributed by atoms with Gasteiger partial charge in [-0.05, 0) is 19.3 Å². The van der Waals surface area contributed by atoms with E-state index in [-0.39, 0.29) is 24.3 Å². The molecule has 1 aliphatic heterocycles. The van der Waals surface area contributed by atoms with Crippen LogP contribution >= 0.6 is 0 Å². The summed E-state index contributed by atoms with van der Waals surface area (Å²) in [6.45, 7) is 4.24. The van der Waals surface area contributed by atoms with Crippen LogP contribution in [0.25, 0.3) is 0 Å². The average molecular weight is 250 g/mol. The Morgan fingerprint density at radius 1 is 1.56 bits per heavy atom. The molecule has 2 unspecified atom stereocenters. The largest absolute Gasteiger partial charge is 0.465 e. The summed E-state index contributed by atoms with van der Waals surface area (Å²) in [7, 11) is -3.21. The summed E-state index contributed by atoms with van der Waals surface area (Å²) in [6.07, 6.45) is -0.419. The fourth-order valence-electron chi connectivity index (χ4n) is 1.82. The molecular weight excluding hydrogens is 232 g/mol. The van der Waals surface area contributed by atoms with Crippen molar-refractivity contribution in [2.45, 2.75) is 26.3 Å². The molecule has 1 rings (SSSR count). The summed E-state index contributed by atoms with van der Waals surface area (Å²) in [5, 5.41) is 11.0. The van der Waals surface area contributed by atoms with Crippen molar-refractivity contribution in [2.24, 2.45) is 5.92 Å². The van der Waals surface area contributed by atoms with Crippen LogP contribution in [0.3, 0.4) is 0 Å². The highest BCUT2D eigenvalue weighted by Crippen LogP contribution is 2.19. The molecule has 2 N–H and O–H groups in total. The second-order valence-corrected chi connectivity index (χ2v) is 6.34. The van der Waals surface area contributed by atoms with Gasteiger partial charge in [0.1, 0.15) is 0 Å². The van der Waals surface area contributed by atoms with Crippen molar-refractivity contribution in [1.29, 1.82) is 0 Å². The number of hydrogen-bond donors (Lipinski definition) is 2. The SMILES string of the molecule is CCS(=O)(=O)N1CCC(C)C(NC(=O)O)C1. The number of nitrogens with zero attached hydrogens (tertiary/aromatic N) is 1. The third-order valence-electron chi connectivity index (χ3n) is 2.99. The Labute approximate surface area is 95.7 Å². The Hall–Kier alpha value is -0.820. The second-order valence-electron chi connectivity index (χ2n) is 4.08. The van der Waals surface area contributed by atoms with Crippen LogP contribution in [0.4, 0.5) is 4.79 Å². The summed E-state index contributed by atoms with van der Waals surface area (Å²) in [4.78, 5) is 10.6. The first-order chi connectivity index (χ1) is 7.36. The maximum Gasteiger partial charge on any atom is 0.404 e. The molecular formula is C9H18N2O4S. The van der Waals surface area contributed by atoms with Gasteiger partial charge in [0.2, 0.25) is 10.0 Å². The summed E-state index contributed by atoms with van der Waals surface area (Å²) < 4.78 is 24.7. The monoisotopic (exact) mass is 250 g/mol. The molecule has 0 saturated carbocycles. The molecule has 0 aromatic carbocycles. The summed E-state index contributed by atoms with van der Waals surface area (Å²) >= 11 is 0. The van der Waals surface area contributed by atoms with Gasteiger partial charge in [-0.15, -0.1) is 0 Å². The highest BCUT2D eigenvalue weighted by molar-refractivity contribution is 7.89. The molecule has 1 saturated heterocycles. The first-order valence-corrected chi connectivity index (χ1v) is 6.95. The minimum Gasteiger partial charge on any atom is -0.465 e. The van der Waals surface area contributed by atoms with Crippen LogP contribution < -0.4 is 5.32 Å². The predicted molar refractivity (Wildman–Crippen MR) is 59.8 cm³/mol. The van der Waals surface area contributed by atoms with E-state index >= 15 is 0 Å². The van der Waals surface area contributed by atoms with E-state index in [1.54, 1.807) is 6.92 Å². The maximum absolute atomic E-state index is 11.6. The van der Waals surface area contributed by atoms with E-state index in [9.17, 15) is 13.2 Å². The van der Waals surface area contributed by atoms with E-state index < -0.39 is 16.1 Å². The van der Waals surface area contributed by atoms with Crippen molar-refractivity contribution in [1.82, 2.24) is 9.62 Å². The summed E-state index contributed by atoms with van der Waals surface area (Å²) in [6, 6.07) is -0.312. The zero-order valence-corrected chi connectivity index (χ0v) is 10.3. The van der Waals surface area contributed by atoms with Gasteiger partial charge in [-0.2, -0.15) is 4.31 Å². The lowest BCUT2D eigenvalue weighted by atomic mass is 9.95. The number of sulfonamides is 1. The molecule has 0 aromatic heterocycles. The highest BCUT2D eigenvalue weighted by Gasteiger charge is 2.32. The minimum absolute atomic E-state index is 0.0567. The van der Waals surface area contributed by atoms with E-state index in [2.05, 4.69) is 5.32 Å². The van der Waals surface area contributed by atoms with E-state index in [0.29, 0.717) is 13.0 Å². The molecule has 1 heterocycles. The van der Waals surface area contributed by atoms with Crippen LogP contribution in [-0.2, 0) is 10.0 Å². The minimum atomic E-state index is -3.21. The summed E-state index contributed by atoms with van der Waals surface area (Å²) in [5.41, 5.74) is 0. The fraction of sp³-hybridized carbons (Fsp3) is 0.889. The maximum atomic E-state index is 11.6. The van der Waals surface area contributed by atoms with Gasteiger partial charge >= 0.3 is 6.09 Å². The van der Waals surface area contributed by atoms with Crippen molar-refractivity contribution >= 4 is 16.1 Å². The van der Waals surface area contributed by atoms with Crippen LogP contribution in [0.1, 0.15) is 20.3 Å². The van der Waals surface area contributed by atoms with Gasteiger partial charge in [0.15, 0.2) is 0 Å². The van der Waals surface area contributed by atoms with Gasteiger partial charge in [0.05, 0.1) is 5.75 Å². The van der Waals surface area contributed by atoms with Crippen LogP contribution in [0, 0.1) is 5.92 Å². The molecule has 7 heteroatoms. The first kappa shape index (κ1) is 13.2. The van der Waals surface area contributed by atoms with Gasteiger partial charge in [-0.25, -0.2) is 13.2 Å². The second kappa shape index (κ2) is 5.01. The third-order valence-corrected chi connectivity index (χ3v) is 4.84. The smallest absolute Gasteiger partial charge is 0.404 e. The van der Waals surface area contributed by atoms with Gasteiger partial charge in [-0.3, -0.25) is 0 Å². The van der Waals surface area contributed by atoms with Gasteiger partial charge in [0, 0.05) is 19.1 Å². The number of carboxylic acid groups (broad SMARTS) is 1. The Kier molecular flexibility index (Phi) is 4.15. The standard InChI is InChI=1S/C9H18N2O4S/c1-3-16(14,15)11-5-4-7(2)8(6-11)10-9(12)13/h7-8,10H,3-6H2,1-2H3,(H,12,13). The fourth-order valence-corrected chi connectivity index (χ4v) is 2.96. The van der Waals surface area contributed by atoms with Crippen molar-refractivity contribution in [3.8, 4) is 0 Å². The normalized spacial score (nSPS) is 27.6. The number of carbonyl (C=O) groups is 1. The number of nitrogens with one attached hydrogen (secondary N) is 1. The molecule has 2 atom stereocenters. The lowest BCUT2D eigenvalue weighted by Gasteiger charge is -2.35. The Balaban J connectivity index is 2.71. The number of hydrogen-bond acceptors (Lipinski definition) is 3. The molecule has 0 spiro atoms. The molecule has 94 valence electrons. The van der Waals surface area contributed by atoms with Crippen molar-refractivity contribution < 1.29 is 18.3 Å². The number of rotatable bonds is 3. The quantitative estimate of drug-likeness (QED) is 0.755. The molecule has 16 heavy (non-hydrogen) atoms. The molecule has 0 radical (unpaired) electrons. The zero-order chi connectivity index (χ0) is 12.3. The van der Waals surface area contributed by atoms with Gasteiger partial charge in [-0.1, -0.05) is 6.92 Å². The topological polar surface area (TPSA) is 86.7 Å². The van der Waals surface area contributed by atoms with Gasteiger partial charge in [0.25, 0.3) is 0 Å². The van der Waals surface area contributed by atoms with E-state index in [4.69, 9.17) is 5.11 Å². The van der Waals surface area contributed by atoms with Crippen molar-refractivity contribution in [3.05, 3.63) is 0 Å². The number of piperidine rings is 1. The Morgan fingerprint density at radius 2 is 2.19 bits per heavy atom. The molecule has 1 aliphatic rings. The molecule has 6 nitrogen and oxygen atoms in total. The molecule has 0 aromatic rings. The van der Waals surface area contributed by atoms with Crippen molar-refractivity contribution in [2.75, 3.05) is 18.8 Å². The van der Waals surface area contributed by atoms with Crippen LogP contribution in [0.5, 0.6) is 0 Å². The van der Waals surface area contributed by atoms with Crippen LogP contribution in [0.2, 0.25) is 0 Å². The van der Waals surface area contributed by atoms with E-state index in [0.717, 1.165) is 0 Å². The van der Waals surface area contributed by atoms with Gasteiger partial charge < -0.3 is 10.4 Å². The highest BCUT2D eigenvalue weighted by atomic mass is 32.2. The molecule has 1 amide bonds. The predicted octanol–water partition coefficient (Wildman–Crippen LogP) is 0.314. The Morgan fingerprint density at radius 3 is 2.69 bits per heavy atom. The summed E-state index contributed by atoms with van der Waals surface area (Å²) in [5.74, 6) is 0.223. The number of amides is 1. The van der Waals surface area contributed by atoms with E-state index in [1.807, 2.05) is 6.92 Å². The first-order valence-electron chi connectivity index (χ1n) is 5.34. The lowest BCUT2D eigenvalue weighted by molar-refractivity contribution is 0.168. The van der Waals surface area contributed by atoms with Crippen molar-refractivity contribution in [3.63, 3.8) is 0 Å². The molecule has 0 bridgehead atoms. The Bertz CT molecular complexity index is 355. The van der Waals surface area contributed by atoms with E-state index in [1.165, 1.54) is 4.31 Å². The molecule has 0 aliphatic carbocycles. The third kappa shape index (κ3) is 3.08.